The lowest BCUT2D eigenvalue weighted by molar-refractivity contribution is 0.417. The summed E-state index contributed by atoms with van der Waals surface area (Å²) in [6.45, 7) is 2.32. The zero-order valence-electron chi connectivity index (χ0n) is 12.9. The molecule has 3 nitrogen and oxygen atoms in total. The second kappa shape index (κ2) is 6.26. The zero-order valence-corrected chi connectivity index (χ0v) is 13.8. The van der Waals surface area contributed by atoms with Crippen LogP contribution in [0.5, 0.6) is 0 Å². The molecule has 5 heteroatoms. The number of benzene rings is 3. The molecule has 122 valence electrons. The first kappa shape index (κ1) is 16.5. The van der Waals surface area contributed by atoms with Crippen LogP contribution < -0.4 is 0 Å². The molecule has 0 N–H and O–H groups in total. The van der Waals surface area contributed by atoms with Crippen LogP contribution in [0, 0.1) is 6.42 Å². The first-order valence-corrected chi connectivity index (χ1v) is 8.76. The van der Waals surface area contributed by atoms with Crippen molar-refractivity contribution in [3.8, 4) is 0 Å². The number of hydrogen-bond acceptors (Lipinski definition) is 3. The molecule has 1 aliphatic carbocycles. The lowest BCUT2D eigenvalue weighted by atomic mass is 9.77. The Balaban J connectivity index is 0.000000300. The highest BCUT2D eigenvalue weighted by molar-refractivity contribution is 7.80. The van der Waals surface area contributed by atoms with Crippen LogP contribution in [0.4, 0.5) is 3.89 Å². The van der Waals surface area contributed by atoms with E-state index in [0.29, 0.717) is 5.92 Å². The minimum Gasteiger partial charge on any atom is -0.722 e. The summed E-state index contributed by atoms with van der Waals surface area (Å²) in [4.78, 5) is 0. The third-order valence-corrected chi connectivity index (χ3v) is 4.21. The summed E-state index contributed by atoms with van der Waals surface area (Å²) >= 11 is 0. The van der Waals surface area contributed by atoms with Gasteiger partial charge in [-0.15, -0.1) is 3.89 Å². The summed E-state index contributed by atoms with van der Waals surface area (Å²) < 4.78 is 35.3. The van der Waals surface area contributed by atoms with Crippen molar-refractivity contribution in [3.63, 3.8) is 0 Å². The van der Waals surface area contributed by atoms with Gasteiger partial charge in [0.2, 0.25) is 0 Å². The fraction of sp³-hybridized carbons (Fsp3) is 0.105. The summed E-state index contributed by atoms with van der Waals surface area (Å²) in [5.74, 6) is 0.460. The van der Waals surface area contributed by atoms with Gasteiger partial charge >= 0.3 is 0 Å². The molecule has 1 aliphatic rings. The van der Waals surface area contributed by atoms with Crippen molar-refractivity contribution in [1.29, 1.82) is 0 Å². The van der Waals surface area contributed by atoms with E-state index in [1.807, 2.05) is 0 Å². The molecule has 0 radical (unpaired) electrons. The van der Waals surface area contributed by atoms with E-state index >= 15 is 0 Å². The molecule has 0 spiro atoms. The van der Waals surface area contributed by atoms with Gasteiger partial charge in [-0.25, -0.2) is 8.42 Å². The Morgan fingerprint density at radius 2 is 1.58 bits per heavy atom. The van der Waals surface area contributed by atoms with E-state index < -0.39 is 10.5 Å². The topological polar surface area (TPSA) is 57.2 Å². The Morgan fingerprint density at radius 3 is 2.33 bits per heavy atom. The van der Waals surface area contributed by atoms with Gasteiger partial charge in [0.15, 0.2) is 0 Å². The molecule has 3 aromatic rings. The van der Waals surface area contributed by atoms with Gasteiger partial charge in [0.25, 0.3) is 10.5 Å². The highest BCUT2D eigenvalue weighted by Gasteiger charge is 2.29. The molecular formula is C19H15FO3S. The van der Waals surface area contributed by atoms with E-state index in [-0.39, 0.29) is 0 Å². The van der Waals surface area contributed by atoms with Crippen molar-refractivity contribution in [2.75, 3.05) is 0 Å². The maximum absolute atomic E-state index is 10.1. The van der Waals surface area contributed by atoms with Gasteiger partial charge < -0.3 is 4.55 Å². The van der Waals surface area contributed by atoms with Crippen LogP contribution in [0.25, 0.3) is 10.8 Å². The predicted octanol–water partition coefficient (Wildman–Crippen LogP) is 4.32. The second-order valence-corrected chi connectivity index (χ2v) is 6.46. The van der Waals surface area contributed by atoms with Gasteiger partial charge in [0.05, 0.1) is 17.0 Å². The van der Waals surface area contributed by atoms with E-state index in [9.17, 15) is 3.89 Å². The maximum Gasteiger partial charge on any atom is 0.255 e. The van der Waals surface area contributed by atoms with Crippen LogP contribution in [-0.4, -0.2) is 13.0 Å². The van der Waals surface area contributed by atoms with E-state index in [0.717, 1.165) is 0 Å². The minimum absolute atomic E-state index is 0.460. The van der Waals surface area contributed by atoms with Gasteiger partial charge in [-0.2, -0.15) is 0 Å². The molecule has 1 unspecified atom stereocenters. The predicted molar refractivity (Wildman–Crippen MR) is 91.2 cm³/mol. The lowest BCUT2D eigenvalue weighted by Gasteiger charge is -2.20. The summed E-state index contributed by atoms with van der Waals surface area (Å²) in [6.07, 6.45) is 2.32. The van der Waals surface area contributed by atoms with Crippen LogP contribution in [0.1, 0.15) is 35.1 Å². The molecule has 24 heavy (non-hydrogen) atoms. The van der Waals surface area contributed by atoms with Crippen molar-refractivity contribution >= 4 is 21.3 Å². The fourth-order valence-electron chi connectivity index (χ4n) is 3.28. The third kappa shape index (κ3) is 3.42. The van der Waals surface area contributed by atoms with Crippen LogP contribution in [0.2, 0.25) is 0 Å². The average molecular weight is 342 g/mol. The fourth-order valence-corrected chi connectivity index (χ4v) is 3.28. The van der Waals surface area contributed by atoms with Crippen LogP contribution in [-0.2, 0) is 10.5 Å². The Bertz CT molecular complexity index is 988. The van der Waals surface area contributed by atoms with Gasteiger partial charge in [-0.3, -0.25) is 0 Å². The summed E-state index contributed by atoms with van der Waals surface area (Å²) in [6, 6.07) is 21.9. The second-order valence-electron chi connectivity index (χ2n) is 5.68. The Kier molecular flexibility index (Phi) is 4.30. The van der Waals surface area contributed by atoms with Crippen LogP contribution >= 0.6 is 0 Å². The molecule has 0 aliphatic heterocycles. The van der Waals surface area contributed by atoms with E-state index in [4.69, 9.17) is 13.0 Å². The van der Waals surface area contributed by atoms with Crippen molar-refractivity contribution in [2.24, 2.45) is 0 Å². The van der Waals surface area contributed by atoms with Crippen LogP contribution in [0.15, 0.2) is 60.7 Å². The Labute approximate surface area is 140 Å². The van der Waals surface area contributed by atoms with E-state index in [1.165, 1.54) is 33.0 Å². The lowest BCUT2D eigenvalue weighted by Crippen LogP contribution is -2.10. The van der Waals surface area contributed by atoms with Crippen molar-refractivity contribution in [1.82, 2.24) is 0 Å². The van der Waals surface area contributed by atoms with Gasteiger partial charge in [0, 0.05) is 35.1 Å². The largest absolute Gasteiger partial charge is 0.722 e. The van der Waals surface area contributed by atoms with Crippen molar-refractivity contribution in [3.05, 3.63) is 89.3 Å². The first-order chi connectivity index (χ1) is 11.3. The van der Waals surface area contributed by atoms with E-state index in [2.05, 4.69) is 74.0 Å². The highest BCUT2D eigenvalue weighted by Crippen LogP contribution is 2.40. The number of hydrogen-bond donors (Lipinski definition) is 0. The smallest absolute Gasteiger partial charge is 0.255 e. The summed E-state index contributed by atoms with van der Waals surface area (Å²) in [5, 5.41) is 2.72. The number of rotatable bonds is 0. The molecular weight excluding hydrogens is 327 g/mol. The Hall–Kier alpha value is -2.37. The molecule has 0 amide bonds. The SMILES string of the molecule is CC1c2ccccc2[CH+]c2ccc3ccccc3c21.O=S(=O)([O-])F. The third-order valence-electron chi connectivity index (χ3n) is 4.21. The van der Waals surface area contributed by atoms with E-state index in [1.54, 1.807) is 0 Å². The van der Waals surface area contributed by atoms with Gasteiger partial charge in [-0.05, 0) is 42.6 Å². The standard InChI is InChI=1S/C19H15.FHO3S/c1-13-17-8-4-3-7-15(17)12-16-11-10-14-6-2-5-9-18(14)19(13)16;1-5(2,3)4/h2-13H,1H3;(H,2,3,4)/q+1;/p-1. The van der Waals surface area contributed by atoms with Gasteiger partial charge in [0.1, 0.15) is 0 Å². The van der Waals surface area contributed by atoms with Gasteiger partial charge in [-0.1, -0.05) is 18.2 Å². The monoisotopic (exact) mass is 342 g/mol. The minimum atomic E-state index is -5.42. The average Bonchev–Trinajstić information content (AvgIpc) is 2.53. The molecule has 3 aromatic carbocycles. The summed E-state index contributed by atoms with van der Waals surface area (Å²) in [7, 11) is -5.42. The molecule has 0 saturated carbocycles. The van der Waals surface area contributed by atoms with Crippen molar-refractivity contribution < 1.29 is 16.9 Å². The summed E-state index contributed by atoms with van der Waals surface area (Å²) in [5.41, 5.74) is 5.63. The molecule has 1 atom stereocenters. The number of halogens is 1. The maximum atomic E-state index is 10.1. The highest BCUT2D eigenvalue weighted by atomic mass is 32.3. The zero-order chi connectivity index (χ0) is 17.3. The Morgan fingerprint density at radius 1 is 0.958 bits per heavy atom. The molecule has 0 saturated heterocycles. The first-order valence-electron chi connectivity index (χ1n) is 7.45. The molecule has 4 rings (SSSR count). The van der Waals surface area contributed by atoms with Crippen LogP contribution in [0.3, 0.4) is 0 Å². The molecule has 0 aromatic heterocycles. The molecule has 0 heterocycles. The van der Waals surface area contributed by atoms with Crippen molar-refractivity contribution in [2.45, 2.75) is 12.8 Å². The number of fused-ring (bicyclic) bond motifs is 4. The molecule has 0 fully saturated rings. The molecule has 0 bridgehead atoms. The quantitative estimate of drug-likeness (QED) is 0.347. The normalized spacial score (nSPS) is 15.5.